The molecule has 3 N–H and O–H groups in total. The van der Waals surface area contributed by atoms with Gasteiger partial charge >= 0.3 is 0 Å². The molecule has 3 atom stereocenters. The second kappa shape index (κ2) is 13.0. The first-order valence-electron chi connectivity index (χ1n) is 17.1. The van der Waals surface area contributed by atoms with Gasteiger partial charge in [0.25, 0.3) is 0 Å². The molecule has 2 aliphatic heterocycles. The van der Waals surface area contributed by atoms with Crippen molar-refractivity contribution in [2.45, 2.75) is 18.5 Å². The molecule has 0 aromatic heterocycles. The molecule has 5 heteroatoms. The number of fused-ring (bicyclic) bond motifs is 3. The summed E-state index contributed by atoms with van der Waals surface area (Å²) < 4.78 is 0. The van der Waals surface area contributed by atoms with Crippen LogP contribution >= 0.6 is 0 Å². The molecule has 7 aromatic rings. The molecule has 50 heavy (non-hydrogen) atoms. The number of hydrogen-bond donors (Lipinski definition) is 3. The van der Waals surface area contributed by atoms with E-state index in [0.29, 0.717) is 0 Å². The molecule has 7 aromatic carbocycles. The average molecular weight is 646 g/mol. The minimum atomic E-state index is -0.382. The number of benzene rings is 7. The molecular weight excluding hydrogens is 611 g/mol. The third-order valence-electron chi connectivity index (χ3n) is 9.60. The summed E-state index contributed by atoms with van der Waals surface area (Å²) in [6.07, 6.45) is 1.24. The van der Waals surface area contributed by atoms with Gasteiger partial charge in [0.2, 0.25) is 0 Å². The third-order valence-corrected chi connectivity index (χ3v) is 9.60. The summed E-state index contributed by atoms with van der Waals surface area (Å²) in [5.41, 5.74) is 8.58. The zero-order valence-electron chi connectivity index (χ0n) is 27.4. The van der Waals surface area contributed by atoms with Crippen LogP contribution in [0.15, 0.2) is 186 Å². The molecule has 0 saturated carbocycles. The van der Waals surface area contributed by atoms with Crippen LogP contribution in [0, 0.1) is 0 Å². The Hall–Kier alpha value is -6.30. The van der Waals surface area contributed by atoms with Gasteiger partial charge in [-0.2, -0.15) is 0 Å². The normalized spacial score (nSPS) is 18.8. The molecule has 0 bridgehead atoms. The summed E-state index contributed by atoms with van der Waals surface area (Å²) in [4.78, 5) is 10.7. The van der Waals surface area contributed by atoms with Crippen LogP contribution in [0.3, 0.4) is 0 Å². The van der Waals surface area contributed by atoms with E-state index in [2.05, 4.69) is 180 Å². The maximum absolute atomic E-state index is 5.51. The average Bonchev–Trinajstić information content (AvgIpc) is 3.21. The molecule has 2 aliphatic rings. The number of nitrogens with one attached hydrogen (secondary N) is 3. The summed E-state index contributed by atoms with van der Waals surface area (Å²) in [5.74, 6) is 0.848. The van der Waals surface area contributed by atoms with E-state index in [-0.39, 0.29) is 18.5 Å². The molecule has 0 saturated heterocycles. The van der Waals surface area contributed by atoms with E-state index in [4.69, 9.17) is 9.98 Å². The third kappa shape index (κ3) is 5.54. The van der Waals surface area contributed by atoms with Gasteiger partial charge in [-0.15, -0.1) is 0 Å². The van der Waals surface area contributed by atoms with Crippen molar-refractivity contribution in [2.24, 2.45) is 9.98 Å². The van der Waals surface area contributed by atoms with E-state index in [1.807, 2.05) is 12.1 Å². The molecule has 0 radical (unpaired) electrons. The minimum absolute atomic E-state index is 0.266. The number of amidine groups is 1. The smallest absolute Gasteiger partial charge is 0.146 e. The van der Waals surface area contributed by atoms with Crippen LogP contribution < -0.4 is 16.0 Å². The second-order valence-electron chi connectivity index (χ2n) is 12.7. The van der Waals surface area contributed by atoms with E-state index < -0.39 is 0 Å². The Labute approximate surface area is 291 Å². The highest BCUT2D eigenvalue weighted by Crippen LogP contribution is 2.42. The van der Waals surface area contributed by atoms with Crippen LogP contribution in [-0.2, 0) is 0 Å². The lowest BCUT2D eigenvalue weighted by Gasteiger charge is -2.36. The Morgan fingerprint density at radius 1 is 0.400 bits per heavy atom. The molecule has 0 aliphatic carbocycles. The fourth-order valence-corrected chi connectivity index (χ4v) is 7.28. The van der Waals surface area contributed by atoms with Crippen LogP contribution in [0.1, 0.15) is 51.9 Å². The Balaban J connectivity index is 1.29. The van der Waals surface area contributed by atoms with Gasteiger partial charge in [-0.05, 0) is 44.3 Å². The molecule has 0 fully saturated rings. The van der Waals surface area contributed by atoms with Crippen molar-refractivity contribution >= 4 is 38.8 Å². The summed E-state index contributed by atoms with van der Waals surface area (Å²) >= 11 is 0. The van der Waals surface area contributed by atoms with Crippen molar-refractivity contribution in [1.82, 2.24) is 16.0 Å². The lowest BCUT2D eigenvalue weighted by Crippen LogP contribution is -2.45. The van der Waals surface area contributed by atoms with Gasteiger partial charge in [-0.25, -0.2) is 4.99 Å². The van der Waals surface area contributed by atoms with Crippen molar-refractivity contribution in [3.8, 4) is 0 Å². The van der Waals surface area contributed by atoms with E-state index in [0.717, 1.165) is 56.0 Å². The fourth-order valence-electron chi connectivity index (χ4n) is 7.28. The number of rotatable bonds is 6. The Morgan fingerprint density at radius 2 is 0.900 bits per heavy atom. The maximum atomic E-state index is 5.51. The first-order valence-corrected chi connectivity index (χ1v) is 17.1. The highest BCUT2D eigenvalue weighted by Gasteiger charge is 2.33. The zero-order chi connectivity index (χ0) is 33.3. The van der Waals surface area contributed by atoms with Crippen LogP contribution in [0.25, 0.3) is 27.2 Å². The number of nitrogens with zero attached hydrogens (tertiary/aromatic N) is 2. The molecule has 2 heterocycles. The topological polar surface area (TPSA) is 60.8 Å². The van der Waals surface area contributed by atoms with Gasteiger partial charge in [-0.3, -0.25) is 10.3 Å². The van der Waals surface area contributed by atoms with Crippen LogP contribution in [0.4, 0.5) is 0 Å². The van der Waals surface area contributed by atoms with Crippen LogP contribution in [0.5, 0.6) is 0 Å². The molecule has 240 valence electrons. The molecule has 0 amide bonds. The van der Waals surface area contributed by atoms with Crippen molar-refractivity contribution in [3.63, 3.8) is 0 Å². The second-order valence-corrected chi connectivity index (χ2v) is 12.7. The molecule has 9 rings (SSSR count). The first-order chi connectivity index (χ1) is 24.8. The monoisotopic (exact) mass is 645 g/mol. The Bertz CT molecular complexity index is 2400. The lowest BCUT2D eigenvalue weighted by molar-refractivity contribution is 0.407. The van der Waals surface area contributed by atoms with Gasteiger partial charge in [0.15, 0.2) is 0 Å². The predicted molar refractivity (Wildman–Crippen MR) is 206 cm³/mol. The lowest BCUT2D eigenvalue weighted by atomic mass is 9.87. The molecule has 5 nitrogen and oxygen atoms in total. The van der Waals surface area contributed by atoms with E-state index in [1.54, 1.807) is 0 Å². The fraction of sp³-hybridized carbons (Fsp3) is 0.0667. The molecule has 0 spiro atoms. The van der Waals surface area contributed by atoms with Crippen molar-refractivity contribution in [3.05, 3.63) is 209 Å². The van der Waals surface area contributed by atoms with Crippen LogP contribution in [0.2, 0.25) is 0 Å². The zero-order valence-corrected chi connectivity index (χ0v) is 27.4. The van der Waals surface area contributed by atoms with E-state index >= 15 is 0 Å². The Kier molecular flexibility index (Phi) is 7.72. The molecular formula is C45H35N5. The first kappa shape index (κ1) is 29.8. The quantitative estimate of drug-likeness (QED) is 0.158. The standard InChI is InChI=1S/C45H35N5/c1-5-17-30(18-6-1)38-29-39(31-19-7-2-8-20-31)47-44(46-38)40-36-27-15-13-25-34(36)35-26-14-16-28-37(35)41(40)45-49-42(32-21-9-3-10-22-32)48-43(50-45)33-23-11-4-12-24-33/h1-29,42,44-46,49H,(H,48,50). The minimum Gasteiger partial charge on any atom is -0.359 e. The maximum Gasteiger partial charge on any atom is 0.146 e. The molecule has 3 unspecified atom stereocenters. The predicted octanol–water partition coefficient (Wildman–Crippen LogP) is 9.46. The van der Waals surface area contributed by atoms with Crippen molar-refractivity contribution < 1.29 is 0 Å². The summed E-state index contributed by atoms with van der Waals surface area (Å²) in [7, 11) is 0. The van der Waals surface area contributed by atoms with Crippen molar-refractivity contribution in [1.29, 1.82) is 0 Å². The van der Waals surface area contributed by atoms with Gasteiger partial charge in [0, 0.05) is 22.4 Å². The SMILES string of the molecule is C1=C(c2ccccc2)NC(c2c(C3NC(c4ccccc4)=NC(c4ccccc4)N3)c3ccccc3c3ccccc23)N=C1c1ccccc1. The van der Waals surface area contributed by atoms with Gasteiger partial charge in [0.05, 0.1) is 5.71 Å². The Morgan fingerprint density at radius 3 is 1.52 bits per heavy atom. The van der Waals surface area contributed by atoms with Gasteiger partial charge < -0.3 is 10.6 Å². The highest BCUT2D eigenvalue weighted by molar-refractivity contribution is 6.14. The number of allylic oxidation sites excluding steroid dienone is 1. The van der Waals surface area contributed by atoms with Crippen molar-refractivity contribution in [2.75, 3.05) is 0 Å². The summed E-state index contributed by atoms with van der Waals surface area (Å²) in [6.45, 7) is 0. The van der Waals surface area contributed by atoms with E-state index in [1.165, 1.54) is 16.2 Å². The van der Waals surface area contributed by atoms with Gasteiger partial charge in [0.1, 0.15) is 24.3 Å². The summed E-state index contributed by atoms with van der Waals surface area (Å²) in [5, 5.41) is 16.4. The number of aliphatic imine (C=N–C) groups is 2. The summed E-state index contributed by atoms with van der Waals surface area (Å²) in [6, 6.07) is 59.4. The highest BCUT2D eigenvalue weighted by atomic mass is 15.3. The van der Waals surface area contributed by atoms with E-state index in [9.17, 15) is 0 Å². The largest absolute Gasteiger partial charge is 0.359 e. The van der Waals surface area contributed by atoms with Gasteiger partial charge in [-0.1, -0.05) is 170 Å². The van der Waals surface area contributed by atoms with Crippen LogP contribution in [-0.4, -0.2) is 11.5 Å². The number of hydrogen-bond acceptors (Lipinski definition) is 5.